The van der Waals surface area contributed by atoms with Gasteiger partial charge < -0.3 is 9.88 Å². The second-order valence-corrected chi connectivity index (χ2v) is 7.68. The van der Waals surface area contributed by atoms with Crippen molar-refractivity contribution in [3.8, 4) is 5.69 Å². The summed E-state index contributed by atoms with van der Waals surface area (Å²) in [4.78, 5) is 33.9. The molecule has 0 aliphatic heterocycles. The third-order valence-corrected chi connectivity index (χ3v) is 5.35. The summed E-state index contributed by atoms with van der Waals surface area (Å²) in [5.41, 5.74) is 0.239. The number of benzene rings is 3. The van der Waals surface area contributed by atoms with Gasteiger partial charge in [0.05, 0.1) is 35.0 Å². The molecule has 0 aliphatic carbocycles. The number of carbonyl (C=O) groups excluding carboxylic acids is 2. The molecule has 2 heterocycles. The van der Waals surface area contributed by atoms with E-state index in [1.807, 2.05) is 0 Å². The van der Waals surface area contributed by atoms with Gasteiger partial charge in [-0.05, 0) is 48.5 Å². The van der Waals surface area contributed by atoms with Gasteiger partial charge in [0.2, 0.25) is 0 Å². The van der Waals surface area contributed by atoms with Gasteiger partial charge in [-0.25, -0.2) is 18.2 Å². The van der Waals surface area contributed by atoms with Crippen LogP contribution in [0.1, 0.15) is 26.3 Å². The summed E-state index contributed by atoms with van der Waals surface area (Å²) >= 11 is 0. The number of carbonyl (C=O) groups is 2. The number of fused-ring (bicyclic) bond motifs is 1. The fourth-order valence-corrected chi connectivity index (χ4v) is 3.64. The van der Waals surface area contributed by atoms with Gasteiger partial charge in [-0.3, -0.25) is 14.6 Å². The van der Waals surface area contributed by atoms with Crippen LogP contribution in [-0.4, -0.2) is 26.2 Å². The molecule has 2 aromatic heterocycles. The van der Waals surface area contributed by atoms with E-state index in [9.17, 15) is 18.4 Å². The smallest absolute Gasteiger partial charge is 0.255 e. The number of halogens is 3. The minimum absolute atomic E-state index is 0.0859. The van der Waals surface area contributed by atoms with Crippen LogP contribution in [0.4, 0.5) is 18.9 Å². The van der Waals surface area contributed by atoms with Crippen LogP contribution >= 0.6 is 0 Å². The molecule has 1 amide bonds. The van der Waals surface area contributed by atoms with E-state index in [1.54, 1.807) is 41.6 Å². The van der Waals surface area contributed by atoms with Crippen LogP contribution in [0, 0.1) is 17.5 Å². The van der Waals surface area contributed by atoms with Crippen molar-refractivity contribution in [2.75, 3.05) is 5.32 Å². The molecule has 0 bridgehead atoms. The van der Waals surface area contributed by atoms with Crippen LogP contribution in [0.25, 0.3) is 16.6 Å². The monoisotopic (exact) mass is 472 g/mol. The maximum Gasteiger partial charge on any atom is 0.255 e. The van der Waals surface area contributed by atoms with Crippen molar-refractivity contribution in [3.05, 3.63) is 120 Å². The Balaban J connectivity index is 1.49. The molecule has 5 rings (SSSR count). The van der Waals surface area contributed by atoms with Crippen molar-refractivity contribution >= 4 is 28.3 Å². The molecule has 0 fully saturated rings. The Morgan fingerprint density at radius 3 is 2.51 bits per heavy atom. The summed E-state index contributed by atoms with van der Waals surface area (Å²) in [6.07, 6.45) is 6.59. The highest BCUT2D eigenvalue weighted by atomic mass is 19.1. The maximum atomic E-state index is 15.2. The zero-order chi connectivity index (χ0) is 24.5. The molecular formula is C26H15F3N4O2. The molecule has 0 aliphatic rings. The van der Waals surface area contributed by atoms with Crippen LogP contribution in [0.3, 0.4) is 0 Å². The summed E-state index contributed by atoms with van der Waals surface area (Å²) in [5, 5.41) is 2.81. The minimum Gasteiger partial charge on any atom is -0.319 e. The summed E-state index contributed by atoms with van der Waals surface area (Å²) in [6.45, 7) is 0. The topological polar surface area (TPSA) is 76.9 Å². The van der Waals surface area contributed by atoms with Crippen molar-refractivity contribution in [3.63, 3.8) is 0 Å². The van der Waals surface area contributed by atoms with E-state index < -0.39 is 40.4 Å². The Bertz CT molecular complexity index is 1600. The van der Waals surface area contributed by atoms with E-state index in [4.69, 9.17) is 0 Å². The van der Waals surface area contributed by atoms with E-state index in [-0.39, 0.29) is 11.1 Å². The predicted molar refractivity (Wildman–Crippen MR) is 123 cm³/mol. The molecule has 0 radical (unpaired) electrons. The first kappa shape index (κ1) is 22.0. The van der Waals surface area contributed by atoms with E-state index in [0.29, 0.717) is 16.6 Å². The first-order chi connectivity index (χ1) is 16.9. The van der Waals surface area contributed by atoms with E-state index in [1.165, 1.54) is 24.3 Å². The first-order valence-electron chi connectivity index (χ1n) is 10.4. The number of amides is 1. The van der Waals surface area contributed by atoms with E-state index >= 15 is 4.39 Å². The molecule has 0 atom stereocenters. The summed E-state index contributed by atoms with van der Waals surface area (Å²) in [6, 6.07) is 12.6. The predicted octanol–water partition coefficient (Wildman–Crippen LogP) is 5.32. The third kappa shape index (κ3) is 4.39. The largest absolute Gasteiger partial charge is 0.319 e. The molecule has 3 aromatic carbocycles. The zero-order valence-corrected chi connectivity index (χ0v) is 17.9. The summed E-state index contributed by atoms with van der Waals surface area (Å²) in [7, 11) is 0. The summed E-state index contributed by atoms with van der Waals surface area (Å²) in [5.74, 6) is -4.31. The van der Waals surface area contributed by atoms with Crippen LogP contribution < -0.4 is 5.32 Å². The number of pyridine rings is 1. The molecule has 1 N–H and O–H groups in total. The molecule has 0 spiro atoms. The van der Waals surface area contributed by atoms with Crippen LogP contribution in [0.5, 0.6) is 0 Å². The molecule has 0 saturated carbocycles. The number of nitrogens with zero attached hydrogens (tertiary/aromatic N) is 3. The lowest BCUT2D eigenvalue weighted by Gasteiger charge is -2.11. The Labute approximate surface area is 196 Å². The van der Waals surface area contributed by atoms with Gasteiger partial charge in [0.1, 0.15) is 11.6 Å². The van der Waals surface area contributed by atoms with Crippen molar-refractivity contribution in [2.45, 2.75) is 0 Å². The molecule has 9 heteroatoms. The molecule has 0 saturated heterocycles. The number of hydrogen-bond acceptors (Lipinski definition) is 4. The molecule has 172 valence electrons. The number of anilines is 1. The molecule has 6 nitrogen and oxygen atoms in total. The highest BCUT2D eigenvalue weighted by Crippen LogP contribution is 2.25. The van der Waals surface area contributed by atoms with Gasteiger partial charge in [-0.2, -0.15) is 0 Å². The van der Waals surface area contributed by atoms with Crippen molar-refractivity contribution in [2.24, 2.45) is 0 Å². The number of ketones is 1. The van der Waals surface area contributed by atoms with Crippen LogP contribution in [0.2, 0.25) is 0 Å². The fourth-order valence-electron chi connectivity index (χ4n) is 3.64. The van der Waals surface area contributed by atoms with Crippen molar-refractivity contribution in [1.82, 2.24) is 14.5 Å². The van der Waals surface area contributed by atoms with Crippen molar-refractivity contribution < 1.29 is 22.8 Å². The zero-order valence-electron chi connectivity index (χ0n) is 17.9. The average Bonchev–Trinajstić information content (AvgIpc) is 3.40. The fraction of sp³-hybridized carbons (Fsp3) is 0. The Morgan fingerprint density at radius 1 is 0.886 bits per heavy atom. The maximum absolute atomic E-state index is 15.2. The van der Waals surface area contributed by atoms with Gasteiger partial charge in [0.15, 0.2) is 11.6 Å². The van der Waals surface area contributed by atoms with Crippen LogP contribution in [-0.2, 0) is 0 Å². The standard InChI is InChI=1S/C26H15F3N4O2/c27-18-3-1-2-16(9-18)26(35)32-23-12-19(28)11-21(24(23)29)25(34)15-4-5-22-17(8-15)10-20(13-31-22)33-7-6-30-14-33/h1-14H,(H,32,35). The van der Waals surface area contributed by atoms with Gasteiger partial charge in [0.25, 0.3) is 5.91 Å². The summed E-state index contributed by atoms with van der Waals surface area (Å²) < 4.78 is 44.7. The lowest BCUT2D eigenvalue weighted by molar-refractivity contribution is 0.101. The SMILES string of the molecule is O=C(Nc1cc(F)cc(C(=O)c2ccc3ncc(-n4ccnc4)cc3c2)c1F)c1cccc(F)c1. The lowest BCUT2D eigenvalue weighted by Crippen LogP contribution is -2.15. The lowest BCUT2D eigenvalue weighted by atomic mass is 10.00. The number of rotatable bonds is 5. The number of imidazole rings is 1. The number of nitrogens with one attached hydrogen (secondary N) is 1. The first-order valence-corrected chi connectivity index (χ1v) is 10.4. The Hall–Kier alpha value is -4.79. The highest BCUT2D eigenvalue weighted by Gasteiger charge is 2.21. The van der Waals surface area contributed by atoms with Crippen LogP contribution in [0.15, 0.2) is 85.6 Å². The second-order valence-electron chi connectivity index (χ2n) is 7.68. The van der Waals surface area contributed by atoms with Gasteiger partial charge >= 0.3 is 0 Å². The van der Waals surface area contributed by atoms with Gasteiger partial charge in [-0.15, -0.1) is 0 Å². The van der Waals surface area contributed by atoms with Crippen molar-refractivity contribution in [1.29, 1.82) is 0 Å². The molecule has 5 aromatic rings. The molecular weight excluding hydrogens is 457 g/mol. The second kappa shape index (κ2) is 8.86. The molecule has 35 heavy (non-hydrogen) atoms. The average molecular weight is 472 g/mol. The van der Waals surface area contributed by atoms with E-state index in [2.05, 4.69) is 15.3 Å². The quantitative estimate of drug-likeness (QED) is 0.351. The number of hydrogen-bond donors (Lipinski definition) is 1. The highest BCUT2D eigenvalue weighted by molar-refractivity contribution is 6.12. The Kier molecular flexibility index (Phi) is 5.58. The third-order valence-electron chi connectivity index (χ3n) is 5.35. The number of aromatic nitrogens is 3. The Morgan fingerprint density at radius 2 is 1.74 bits per heavy atom. The van der Waals surface area contributed by atoms with Gasteiger partial charge in [-0.1, -0.05) is 6.07 Å². The molecule has 0 unspecified atom stereocenters. The minimum atomic E-state index is -1.11. The van der Waals surface area contributed by atoms with E-state index in [0.717, 1.165) is 24.3 Å². The van der Waals surface area contributed by atoms with Gasteiger partial charge in [0, 0.05) is 35.0 Å². The normalized spacial score (nSPS) is 10.9.